The summed E-state index contributed by atoms with van der Waals surface area (Å²) >= 11 is 1.73. The van der Waals surface area contributed by atoms with Crippen LogP contribution in [0.1, 0.15) is 62.8 Å². The van der Waals surface area contributed by atoms with Crippen LogP contribution in [0, 0.1) is 0 Å². The molecular weight excluding hydrogens is 206 g/mol. The summed E-state index contributed by atoms with van der Waals surface area (Å²) in [7, 11) is 1.77. The molecule has 86 valence electrons. The number of aromatic nitrogens is 1. The van der Waals surface area contributed by atoms with Crippen LogP contribution in [-0.2, 0) is 4.74 Å². The molecule has 0 amide bonds. The SMILES string of the molecule is CCCC(OC)c1nc(C(C)CC)cs1. The fourth-order valence-electron chi connectivity index (χ4n) is 1.49. The monoisotopic (exact) mass is 227 g/mol. The Bertz CT molecular complexity index is 285. The third kappa shape index (κ3) is 3.28. The molecule has 1 aromatic heterocycles. The lowest BCUT2D eigenvalue weighted by atomic mass is 10.1. The van der Waals surface area contributed by atoms with E-state index in [1.165, 1.54) is 5.69 Å². The molecule has 0 aromatic carbocycles. The molecule has 2 nitrogen and oxygen atoms in total. The normalized spacial score (nSPS) is 15.2. The highest BCUT2D eigenvalue weighted by Gasteiger charge is 2.15. The van der Waals surface area contributed by atoms with Gasteiger partial charge in [0, 0.05) is 12.5 Å². The Hall–Kier alpha value is -0.410. The van der Waals surface area contributed by atoms with E-state index in [-0.39, 0.29) is 6.10 Å². The Balaban J connectivity index is 2.72. The molecule has 2 atom stereocenters. The van der Waals surface area contributed by atoms with Gasteiger partial charge in [0.05, 0.1) is 5.69 Å². The van der Waals surface area contributed by atoms with Gasteiger partial charge in [-0.2, -0.15) is 0 Å². The minimum absolute atomic E-state index is 0.192. The van der Waals surface area contributed by atoms with Crippen molar-refractivity contribution in [2.24, 2.45) is 0 Å². The van der Waals surface area contributed by atoms with Gasteiger partial charge in [-0.05, 0) is 18.8 Å². The zero-order valence-corrected chi connectivity index (χ0v) is 10.9. The van der Waals surface area contributed by atoms with Crippen LogP contribution < -0.4 is 0 Å². The van der Waals surface area contributed by atoms with Crippen molar-refractivity contribution >= 4 is 11.3 Å². The molecule has 0 bridgehead atoms. The highest BCUT2D eigenvalue weighted by atomic mass is 32.1. The molecule has 3 heteroatoms. The van der Waals surface area contributed by atoms with E-state index in [1.807, 2.05) is 0 Å². The third-order valence-electron chi connectivity index (χ3n) is 2.77. The average Bonchev–Trinajstić information content (AvgIpc) is 2.73. The lowest BCUT2D eigenvalue weighted by molar-refractivity contribution is 0.0946. The van der Waals surface area contributed by atoms with Crippen LogP contribution in [0.3, 0.4) is 0 Å². The lowest BCUT2D eigenvalue weighted by Crippen LogP contribution is -2.01. The summed E-state index contributed by atoms with van der Waals surface area (Å²) in [6, 6.07) is 0. The second-order valence-electron chi connectivity index (χ2n) is 3.93. The quantitative estimate of drug-likeness (QED) is 0.728. The maximum atomic E-state index is 5.45. The molecule has 1 aromatic rings. The van der Waals surface area contributed by atoms with Crippen molar-refractivity contribution in [1.29, 1.82) is 0 Å². The van der Waals surface area contributed by atoms with E-state index in [0.29, 0.717) is 5.92 Å². The van der Waals surface area contributed by atoms with Crippen molar-refractivity contribution in [2.45, 2.75) is 52.1 Å². The Morgan fingerprint density at radius 3 is 2.73 bits per heavy atom. The van der Waals surface area contributed by atoms with E-state index in [4.69, 9.17) is 4.74 Å². The van der Waals surface area contributed by atoms with Crippen LogP contribution in [0.2, 0.25) is 0 Å². The standard InChI is InChI=1S/C12H21NOS/c1-5-7-11(14-4)12-13-10(8-15-12)9(3)6-2/h8-9,11H,5-7H2,1-4H3. The van der Waals surface area contributed by atoms with Crippen LogP contribution in [0.5, 0.6) is 0 Å². The number of rotatable bonds is 6. The smallest absolute Gasteiger partial charge is 0.122 e. The molecule has 2 unspecified atom stereocenters. The van der Waals surface area contributed by atoms with Gasteiger partial charge in [0.15, 0.2) is 0 Å². The Morgan fingerprint density at radius 2 is 2.20 bits per heavy atom. The zero-order valence-electron chi connectivity index (χ0n) is 10.1. The predicted molar refractivity (Wildman–Crippen MR) is 65.5 cm³/mol. The van der Waals surface area contributed by atoms with Crippen LogP contribution in [0.25, 0.3) is 0 Å². The Labute approximate surface area is 96.7 Å². The van der Waals surface area contributed by atoms with Crippen LogP contribution in [0.4, 0.5) is 0 Å². The zero-order chi connectivity index (χ0) is 11.3. The molecule has 1 rings (SSSR count). The molecule has 15 heavy (non-hydrogen) atoms. The Morgan fingerprint density at radius 1 is 1.47 bits per heavy atom. The fraction of sp³-hybridized carbons (Fsp3) is 0.750. The van der Waals surface area contributed by atoms with Crippen molar-refractivity contribution in [1.82, 2.24) is 4.98 Å². The van der Waals surface area contributed by atoms with Gasteiger partial charge in [0.25, 0.3) is 0 Å². The van der Waals surface area contributed by atoms with E-state index in [1.54, 1.807) is 18.4 Å². The number of methoxy groups -OCH3 is 1. The van der Waals surface area contributed by atoms with Gasteiger partial charge in [0.1, 0.15) is 11.1 Å². The summed E-state index contributed by atoms with van der Waals surface area (Å²) < 4.78 is 5.45. The highest BCUT2D eigenvalue weighted by Crippen LogP contribution is 2.28. The topological polar surface area (TPSA) is 22.1 Å². The maximum absolute atomic E-state index is 5.45. The largest absolute Gasteiger partial charge is 0.374 e. The van der Waals surface area contributed by atoms with Crippen LogP contribution >= 0.6 is 11.3 Å². The van der Waals surface area contributed by atoms with E-state index in [0.717, 1.165) is 24.3 Å². The first-order valence-electron chi connectivity index (χ1n) is 5.71. The number of ether oxygens (including phenoxy) is 1. The fourth-order valence-corrected chi connectivity index (χ4v) is 2.54. The maximum Gasteiger partial charge on any atom is 0.122 e. The summed E-state index contributed by atoms with van der Waals surface area (Å²) in [5.41, 5.74) is 1.22. The molecule has 0 aliphatic carbocycles. The Kier molecular flexibility index (Phi) is 5.26. The minimum Gasteiger partial charge on any atom is -0.374 e. The highest BCUT2D eigenvalue weighted by molar-refractivity contribution is 7.09. The van der Waals surface area contributed by atoms with Crippen molar-refractivity contribution < 1.29 is 4.74 Å². The van der Waals surface area contributed by atoms with Gasteiger partial charge in [-0.3, -0.25) is 0 Å². The predicted octanol–water partition coefficient (Wildman–Crippen LogP) is 4.14. The summed E-state index contributed by atoms with van der Waals surface area (Å²) in [6.07, 6.45) is 3.53. The number of hydrogen-bond acceptors (Lipinski definition) is 3. The summed E-state index contributed by atoms with van der Waals surface area (Å²) in [5, 5.41) is 3.31. The molecule has 0 aliphatic heterocycles. The molecule has 0 spiro atoms. The van der Waals surface area contributed by atoms with E-state index >= 15 is 0 Å². The van der Waals surface area contributed by atoms with Gasteiger partial charge in [-0.15, -0.1) is 11.3 Å². The van der Waals surface area contributed by atoms with Crippen molar-refractivity contribution in [3.63, 3.8) is 0 Å². The summed E-state index contributed by atoms with van der Waals surface area (Å²) in [6.45, 7) is 6.60. The van der Waals surface area contributed by atoms with E-state index in [9.17, 15) is 0 Å². The minimum atomic E-state index is 0.192. The van der Waals surface area contributed by atoms with Crippen molar-refractivity contribution in [2.75, 3.05) is 7.11 Å². The molecule has 0 saturated carbocycles. The second-order valence-corrected chi connectivity index (χ2v) is 4.82. The molecule has 0 N–H and O–H groups in total. The summed E-state index contributed by atoms with van der Waals surface area (Å²) in [5.74, 6) is 0.564. The molecule has 0 aliphatic rings. The molecule has 0 fully saturated rings. The molecular formula is C12H21NOS. The first-order chi connectivity index (χ1) is 7.22. The van der Waals surface area contributed by atoms with Gasteiger partial charge < -0.3 is 4.74 Å². The van der Waals surface area contributed by atoms with Gasteiger partial charge in [-0.1, -0.05) is 27.2 Å². The van der Waals surface area contributed by atoms with E-state index in [2.05, 4.69) is 31.1 Å². The molecule has 1 heterocycles. The molecule has 0 radical (unpaired) electrons. The number of hydrogen-bond donors (Lipinski definition) is 0. The van der Waals surface area contributed by atoms with Gasteiger partial charge in [0.2, 0.25) is 0 Å². The van der Waals surface area contributed by atoms with Crippen LogP contribution in [0.15, 0.2) is 5.38 Å². The number of nitrogens with zero attached hydrogens (tertiary/aromatic N) is 1. The average molecular weight is 227 g/mol. The van der Waals surface area contributed by atoms with Gasteiger partial charge in [-0.25, -0.2) is 4.98 Å². The molecule has 0 saturated heterocycles. The first kappa shape index (κ1) is 12.7. The lowest BCUT2D eigenvalue weighted by Gasteiger charge is -2.10. The van der Waals surface area contributed by atoms with Crippen LogP contribution in [-0.4, -0.2) is 12.1 Å². The second kappa shape index (κ2) is 6.23. The van der Waals surface area contributed by atoms with Crippen molar-refractivity contribution in [3.8, 4) is 0 Å². The van der Waals surface area contributed by atoms with E-state index < -0.39 is 0 Å². The van der Waals surface area contributed by atoms with Crippen molar-refractivity contribution in [3.05, 3.63) is 16.1 Å². The summed E-state index contributed by atoms with van der Waals surface area (Å²) in [4.78, 5) is 4.66. The first-order valence-corrected chi connectivity index (χ1v) is 6.58. The third-order valence-corrected chi connectivity index (χ3v) is 3.72. The number of thiazole rings is 1. The van der Waals surface area contributed by atoms with Gasteiger partial charge >= 0.3 is 0 Å².